The summed E-state index contributed by atoms with van der Waals surface area (Å²) < 4.78 is 5.41. The monoisotopic (exact) mass is 442 g/mol. The van der Waals surface area contributed by atoms with Crippen LogP contribution in [0.2, 0.25) is 0 Å². The van der Waals surface area contributed by atoms with Crippen molar-refractivity contribution >= 4 is 18.6 Å². The molecular weight excluding hydrogens is 388 g/mol. The van der Waals surface area contributed by atoms with Gasteiger partial charge >= 0.3 is 5.97 Å². The molecule has 0 fully saturated rings. The van der Waals surface area contributed by atoms with E-state index in [2.05, 4.69) is 26.5 Å². The fourth-order valence-electron chi connectivity index (χ4n) is 3.98. The Hall–Kier alpha value is -0.180. The van der Waals surface area contributed by atoms with E-state index in [0.29, 0.717) is 6.61 Å². The summed E-state index contributed by atoms with van der Waals surface area (Å²) in [6.07, 6.45) is 28.6. The van der Waals surface area contributed by atoms with Gasteiger partial charge in [0.15, 0.2) is 0 Å². The SMILES string of the molecule is CCCCCCCCCCCCCC(S)C(=O)OCCCCCCCCCCCC. The van der Waals surface area contributed by atoms with Crippen molar-refractivity contribution in [3.05, 3.63) is 0 Å². The van der Waals surface area contributed by atoms with Crippen LogP contribution >= 0.6 is 12.6 Å². The largest absolute Gasteiger partial charge is 0.465 e. The molecule has 0 aliphatic rings. The molecular formula is C27H54O2S. The lowest BCUT2D eigenvalue weighted by Crippen LogP contribution is -2.18. The number of unbranched alkanes of at least 4 members (excludes halogenated alkanes) is 19. The van der Waals surface area contributed by atoms with Crippen molar-refractivity contribution < 1.29 is 9.53 Å². The zero-order valence-electron chi connectivity index (χ0n) is 20.6. The predicted octanol–water partition coefficient (Wildman–Crippen LogP) is 9.45. The molecule has 0 saturated heterocycles. The predicted molar refractivity (Wildman–Crippen MR) is 137 cm³/mol. The highest BCUT2D eigenvalue weighted by Crippen LogP contribution is 2.15. The molecule has 0 spiro atoms. The van der Waals surface area contributed by atoms with E-state index >= 15 is 0 Å². The Balaban J connectivity index is 3.30. The number of thiol groups is 1. The van der Waals surface area contributed by atoms with Crippen LogP contribution < -0.4 is 0 Å². The molecule has 0 heterocycles. The molecule has 0 aromatic carbocycles. The molecule has 1 atom stereocenters. The molecule has 0 aromatic rings. The summed E-state index contributed by atoms with van der Waals surface area (Å²) in [6, 6.07) is 0. The van der Waals surface area contributed by atoms with E-state index in [4.69, 9.17) is 4.74 Å². The summed E-state index contributed by atoms with van der Waals surface area (Å²) in [4.78, 5) is 12.0. The first-order valence-electron chi connectivity index (χ1n) is 13.6. The van der Waals surface area contributed by atoms with E-state index in [0.717, 1.165) is 19.3 Å². The highest BCUT2D eigenvalue weighted by molar-refractivity contribution is 7.81. The lowest BCUT2D eigenvalue weighted by molar-refractivity contribution is -0.143. The fourth-order valence-corrected chi connectivity index (χ4v) is 4.24. The quantitative estimate of drug-likeness (QED) is 0.0914. The van der Waals surface area contributed by atoms with Crippen LogP contribution in [-0.4, -0.2) is 17.8 Å². The molecule has 0 rings (SSSR count). The molecule has 2 nitrogen and oxygen atoms in total. The first-order valence-corrected chi connectivity index (χ1v) is 14.1. The molecule has 0 aromatic heterocycles. The second kappa shape index (κ2) is 25.1. The van der Waals surface area contributed by atoms with Gasteiger partial charge in [-0.3, -0.25) is 4.79 Å². The molecule has 0 bridgehead atoms. The van der Waals surface area contributed by atoms with Gasteiger partial charge < -0.3 is 4.74 Å². The lowest BCUT2D eigenvalue weighted by atomic mass is 10.0. The number of esters is 1. The summed E-state index contributed by atoms with van der Waals surface area (Å²) in [5.74, 6) is -0.110. The maximum absolute atomic E-state index is 12.0. The van der Waals surface area contributed by atoms with Crippen LogP contribution in [0.4, 0.5) is 0 Å². The van der Waals surface area contributed by atoms with Crippen molar-refractivity contribution in [2.24, 2.45) is 0 Å². The summed E-state index contributed by atoms with van der Waals surface area (Å²) >= 11 is 4.46. The Labute approximate surface area is 195 Å². The number of rotatable bonds is 24. The summed E-state index contributed by atoms with van der Waals surface area (Å²) in [5.41, 5.74) is 0. The zero-order valence-corrected chi connectivity index (χ0v) is 21.5. The van der Waals surface area contributed by atoms with Gasteiger partial charge in [0, 0.05) is 0 Å². The highest BCUT2D eigenvalue weighted by atomic mass is 32.1. The third-order valence-corrected chi connectivity index (χ3v) is 6.56. The zero-order chi connectivity index (χ0) is 22.1. The van der Waals surface area contributed by atoms with Crippen molar-refractivity contribution in [3.8, 4) is 0 Å². The number of carbonyl (C=O) groups excluding carboxylic acids is 1. The van der Waals surface area contributed by atoms with Crippen LogP contribution in [0.15, 0.2) is 0 Å². The Morgan fingerprint density at radius 1 is 0.567 bits per heavy atom. The Bertz CT molecular complexity index is 346. The maximum Gasteiger partial charge on any atom is 0.318 e. The highest BCUT2D eigenvalue weighted by Gasteiger charge is 2.14. The van der Waals surface area contributed by atoms with Crippen molar-refractivity contribution in [3.63, 3.8) is 0 Å². The smallest absolute Gasteiger partial charge is 0.318 e. The van der Waals surface area contributed by atoms with Gasteiger partial charge in [0.1, 0.15) is 0 Å². The van der Waals surface area contributed by atoms with E-state index in [1.165, 1.54) is 122 Å². The van der Waals surface area contributed by atoms with Crippen molar-refractivity contribution in [2.75, 3.05) is 6.61 Å². The molecule has 0 radical (unpaired) electrons. The minimum absolute atomic E-state index is 0.110. The van der Waals surface area contributed by atoms with Gasteiger partial charge in [0.05, 0.1) is 11.9 Å². The van der Waals surface area contributed by atoms with Gasteiger partial charge in [-0.2, -0.15) is 12.6 Å². The summed E-state index contributed by atoms with van der Waals surface area (Å²) in [6.45, 7) is 5.11. The molecule has 180 valence electrons. The van der Waals surface area contributed by atoms with Gasteiger partial charge in [-0.05, 0) is 12.8 Å². The van der Waals surface area contributed by atoms with E-state index < -0.39 is 0 Å². The summed E-state index contributed by atoms with van der Waals surface area (Å²) in [7, 11) is 0. The third kappa shape index (κ3) is 22.5. The van der Waals surface area contributed by atoms with E-state index in [-0.39, 0.29) is 11.2 Å². The van der Waals surface area contributed by atoms with Crippen LogP contribution in [0, 0.1) is 0 Å². The van der Waals surface area contributed by atoms with Crippen molar-refractivity contribution in [1.29, 1.82) is 0 Å². The first-order chi connectivity index (χ1) is 14.7. The fraction of sp³-hybridized carbons (Fsp3) is 0.963. The maximum atomic E-state index is 12.0. The minimum Gasteiger partial charge on any atom is -0.465 e. The molecule has 30 heavy (non-hydrogen) atoms. The number of carbonyl (C=O) groups is 1. The average molecular weight is 443 g/mol. The second-order valence-electron chi connectivity index (χ2n) is 9.19. The van der Waals surface area contributed by atoms with Crippen molar-refractivity contribution in [2.45, 2.75) is 160 Å². The van der Waals surface area contributed by atoms with Gasteiger partial charge in [-0.1, -0.05) is 142 Å². The van der Waals surface area contributed by atoms with Gasteiger partial charge in [-0.15, -0.1) is 0 Å². The normalized spacial score (nSPS) is 12.2. The molecule has 0 saturated carbocycles. The van der Waals surface area contributed by atoms with E-state index in [9.17, 15) is 4.79 Å². The average Bonchev–Trinajstić information content (AvgIpc) is 2.75. The first kappa shape index (κ1) is 29.8. The molecule has 0 N–H and O–H groups in total. The minimum atomic E-state index is -0.230. The lowest BCUT2D eigenvalue weighted by Gasteiger charge is -2.11. The van der Waals surface area contributed by atoms with Gasteiger partial charge in [-0.25, -0.2) is 0 Å². The van der Waals surface area contributed by atoms with Crippen LogP contribution in [-0.2, 0) is 9.53 Å². The Morgan fingerprint density at radius 2 is 0.900 bits per heavy atom. The Kier molecular flexibility index (Phi) is 24.9. The van der Waals surface area contributed by atoms with Crippen LogP contribution in [0.25, 0.3) is 0 Å². The molecule has 0 amide bonds. The number of hydrogen-bond acceptors (Lipinski definition) is 3. The van der Waals surface area contributed by atoms with Crippen LogP contribution in [0.3, 0.4) is 0 Å². The molecule has 0 aliphatic carbocycles. The molecule has 1 unspecified atom stereocenters. The van der Waals surface area contributed by atoms with E-state index in [1.807, 2.05) is 0 Å². The standard InChI is InChI=1S/C27H54O2S/c1-3-5-7-9-11-13-15-16-18-20-22-24-26(30)27(28)29-25-23-21-19-17-14-12-10-8-6-4-2/h26,30H,3-25H2,1-2H3. The van der Waals surface area contributed by atoms with E-state index in [1.54, 1.807) is 0 Å². The van der Waals surface area contributed by atoms with Crippen LogP contribution in [0.1, 0.15) is 155 Å². The number of ether oxygens (including phenoxy) is 1. The second-order valence-corrected chi connectivity index (χ2v) is 9.81. The van der Waals surface area contributed by atoms with Gasteiger partial charge in [0.2, 0.25) is 0 Å². The molecule has 3 heteroatoms. The summed E-state index contributed by atoms with van der Waals surface area (Å²) in [5, 5.41) is -0.230. The Morgan fingerprint density at radius 3 is 1.30 bits per heavy atom. The third-order valence-electron chi connectivity index (χ3n) is 6.10. The molecule has 0 aliphatic heterocycles. The van der Waals surface area contributed by atoms with Gasteiger partial charge in [0.25, 0.3) is 0 Å². The van der Waals surface area contributed by atoms with Crippen molar-refractivity contribution in [1.82, 2.24) is 0 Å². The topological polar surface area (TPSA) is 26.3 Å². The number of hydrogen-bond donors (Lipinski definition) is 1. The van der Waals surface area contributed by atoms with Crippen LogP contribution in [0.5, 0.6) is 0 Å².